The number of para-hydroxylation sites is 2. The van der Waals surface area contributed by atoms with Gasteiger partial charge in [-0.05, 0) is 38.1 Å². The highest BCUT2D eigenvalue weighted by atomic mass is 32.2. The van der Waals surface area contributed by atoms with Crippen LogP contribution in [0.3, 0.4) is 0 Å². The fourth-order valence-corrected chi connectivity index (χ4v) is 3.31. The zero-order chi connectivity index (χ0) is 19.9. The molecule has 2 rings (SSSR count). The van der Waals surface area contributed by atoms with Crippen molar-refractivity contribution in [1.29, 1.82) is 0 Å². The molecule has 8 heteroatoms. The Balaban J connectivity index is 2.22. The molecular weight excluding hydrogens is 368 g/mol. The Kier molecular flexibility index (Phi) is 7.06. The normalized spacial score (nSPS) is 10.9. The Morgan fingerprint density at radius 1 is 1.04 bits per heavy atom. The summed E-state index contributed by atoms with van der Waals surface area (Å²) >= 11 is 0. The molecule has 7 nitrogen and oxygen atoms in total. The highest BCUT2D eigenvalue weighted by Gasteiger charge is 2.22. The van der Waals surface area contributed by atoms with Crippen LogP contribution in [-0.2, 0) is 14.8 Å². The van der Waals surface area contributed by atoms with Gasteiger partial charge in [-0.3, -0.25) is 9.10 Å². The molecule has 0 aliphatic carbocycles. The average Bonchev–Trinajstić information content (AvgIpc) is 2.61. The number of nitrogens with zero attached hydrogens (tertiary/aromatic N) is 1. The van der Waals surface area contributed by atoms with Gasteiger partial charge in [0.15, 0.2) is 0 Å². The monoisotopic (exact) mass is 392 g/mol. The first-order valence-corrected chi connectivity index (χ1v) is 10.4. The highest BCUT2D eigenvalue weighted by Crippen LogP contribution is 2.25. The van der Waals surface area contributed by atoms with Crippen LogP contribution in [0, 0.1) is 0 Å². The van der Waals surface area contributed by atoms with Crippen LogP contribution < -0.4 is 19.1 Å². The van der Waals surface area contributed by atoms with Gasteiger partial charge in [-0.25, -0.2) is 8.42 Å². The van der Waals surface area contributed by atoms with Gasteiger partial charge in [0, 0.05) is 6.07 Å². The average molecular weight is 392 g/mol. The fourth-order valence-electron chi connectivity index (χ4n) is 2.47. The van der Waals surface area contributed by atoms with E-state index in [2.05, 4.69) is 5.32 Å². The largest absolute Gasteiger partial charge is 0.494 e. The number of hydrogen-bond acceptors (Lipinski definition) is 5. The summed E-state index contributed by atoms with van der Waals surface area (Å²) in [6, 6.07) is 13.6. The van der Waals surface area contributed by atoms with Crippen LogP contribution in [0.4, 0.5) is 11.4 Å². The number of carbonyl (C=O) groups is 1. The number of nitrogens with one attached hydrogen (secondary N) is 1. The third kappa shape index (κ3) is 5.89. The van der Waals surface area contributed by atoms with Crippen molar-refractivity contribution in [2.24, 2.45) is 0 Å². The third-order valence-corrected chi connectivity index (χ3v) is 4.71. The first kappa shape index (κ1) is 20.6. The molecule has 146 valence electrons. The lowest BCUT2D eigenvalue weighted by Crippen LogP contribution is -2.37. The Morgan fingerprint density at radius 2 is 1.74 bits per heavy atom. The van der Waals surface area contributed by atoms with E-state index in [0.717, 1.165) is 10.6 Å². The van der Waals surface area contributed by atoms with E-state index in [0.29, 0.717) is 36.1 Å². The summed E-state index contributed by atoms with van der Waals surface area (Å²) in [5, 5.41) is 2.71. The van der Waals surface area contributed by atoms with E-state index < -0.39 is 15.9 Å². The standard InChI is InChI=1S/C19H24N2O5S/c1-4-25-16-10-8-9-15(13-16)21(27(3,23)24)14-19(22)20-17-11-6-7-12-18(17)26-5-2/h6-13H,4-5,14H2,1-3H3,(H,20,22). The van der Waals surface area contributed by atoms with E-state index in [1.807, 2.05) is 13.8 Å². The molecular formula is C19H24N2O5S. The van der Waals surface area contributed by atoms with Crippen molar-refractivity contribution in [3.63, 3.8) is 0 Å². The van der Waals surface area contributed by atoms with Crippen LogP contribution in [0.25, 0.3) is 0 Å². The van der Waals surface area contributed by atoms with E-state index in [1.165, 1.54) is 0 Å². The minimum atomic E-state index is -3.67. The summed E-state index contributed by atoms with van der Waals surface area (Å²) in [4.78, 5) is 12.5. The lowest BCUT2D eigenvalue weighted by molar-refractivity contribution is -0.114. The number of sulfonamides is 1. The van der Waals surface area contributed by atoms with Crippen molar-refractivity contribution in [2.75, 3.05) is 35.6 Å². The molecule has 1 N–H and O–H groups in total. The molecule has 0 radical (unpaired) electrons. The molecule has 0 bridgehead atoms. The molecule has 2 aromatic rings. The van der Waals surface area contributed by atoms with Gasteiger partial charge in [-0.15, -0.1) is 0 Å². The van der Waals surface area contributed by atoms with Crippen LogP contribution in [0.15, 0.2) is 48.5 Å². The number of carbonyl (C=O) groups excluding carboxylic acids is 1. The molecule has 27 heavy (non-hydrogen) atoms. The van der Waals surface area contributed by atoms with Gasteiger partial charge >= 0.3 is 0 Å². The zero-order valence-corrected chi connectivity index (χ0v) is 16.5. The molecule has 0 aliphatic rings. The number of anilines is 2. The van der Waals surface area contributed by atoms with E-state index in [4.69, 9.17) is 9.47 Å². The van der Waals surface area contributed by atoms with Crippen molar-refractivity contribution in [3.05, 3.63) is 48.5 Å². The second-order valence-electron chi connectivity index (χ2n) is 5.68. The van der Waals surface area contributed by atoms with Gasteiger partial charge in [0.05, 0.1) is 30.8 Å². The molecule has 0 spiro atoms. The molecule has 0 saturated carbocycles. The lowest BCUT2D eigenvalue weighted by Gasteiger charge is -2.22. The molecule has 0 fully saturated rings. The highest BCUT2D eigenvalue weighted by molar-refractivity contribution is 7.92. The Bertz CT molecular complexity index is 883. The van der Waals surface area contributed by atoms with Crippen LogP contribution in [0.1, 0.15) is 13.8 Å². The van der Waals surface area contributed by atoms with Gasteiger partial charge in [-0.2, -0.15) is 0 Å². The van der Waals surface area contributed by atoms with E-state index >= 15 is 0 Å². The summed E-state index contributed by atoms with van der Waals surface area (Å²) < 4.78 is 36.4. The Labute approximate surface area is 160 Å². The van der Waals surface area contributed by atoms with Gasteiger partial charge in [0.1, 0.15) is 18.0 Å². The maximum absolute atomic E-state index is 12.5. The lowest BCUT2D eigenvalue weighted by atomic mass is 10.3. The van der Waals surface area contributed by atoms with Gasteiger partial charge < -0.3 is 14.8 Å². The minimum absolute atomic E-state index is 0.358. The molecule has 1 amide bonds. The summed E-state index contributed by atoms with van der Waals surface area (Å²) in [6.07, 6.45) is 1.06. The van der Waals surface area contributed by atoms with Crippen LogP contribution in [0.2, 0.25) is 0 Å². The second-order valence-corrected chi connectivity index (χ2v) is 7.58. The smallest absolute Gasteiger partial charge is 0.245 e. The minimum Gasteiger partial charge on any atom is -0.494 e. The third-order valence-electron chi connectivity index (χ3n) is 3.57. The van der Waals surface area contributed by atoms with Crippen molar-refractivity contribution in [2.45, 2.75) is 13.8 Å². The Hall–Kier alpha value is -2.74. The van der Waals surface area contributed by atoms with Crippen LogP contribution >= 0.6 is 0 Å². The summed E-state index contributed by atoms with van der Waals surface area (Å²) in [7, 11) is -3.67. The fraction of sp³-hybridized carbons (Fsp3) is 0.316. The van der Waals surface area contributed by atoms with Gasteiger partial charge in [0.2, 0.25) is 15.9 Å². The molecule has 0 saturated heterocycles. The van der Waals surface area contributed by atoms with Crippen molar-refractivity contribution < 1.29 is 22.7 Å². The maximum atomic E-state index is 12.5. The first-order valence-electron chi connectivity index (χ1n) is 8.57. The number of amides is 1. The summed E-state index contributed by atoms with van der Waals surface area (Å²) in [5.41, 5.74) is 0.845. The van der Waals surface area contributed by atoms with E-state index in [1.54, 1.807) is 48.5 Å². The predicted molar refractivity (Wildman–Crippen MR) is 106 cm³/mol. The molecule has 0 unspecified atom stereocenters. The van der Waals surface area contributed by atoms with Crippen LogP contribution in [0.5, 0.6) is 11.5 Å². The molecule has 0 aromatic heterocycles. The zero-order valence-electron chi connectivity index (χ0n) is 15.6. The first-order chi connectivity index (χ1) is 12.8. The predicted octanol–water partition coefficient (Wildman–Crippen LogP) is 2.89. The maximum Gasteiger partial charge on any atom is 0.245 e. The molecule has 2 aromatic carbocycles. The number of ether oxygens (including phenoxy) is 2. The number of rotatable bonds is 9. The van der Waals surface area contributed by atoms with Crippen molar-refractivity contribution >= 4 is 27.3 Å². The topological polar surface area (TPSA) is 84.9 Å². The number of benzene rings is 2. The SMILES string of the molecule is CCOc1cccc(N(CC(=O)Nc2ccccc2OCC)S(C)(=O)=O)c1. The summed E-state index contributed by atoms with van der Waals surface area (Å²) in [5.74, 6) is 0.581. The molecule has 0 aliphatic heterocycles. The van der Waals surface area contributed by atoms with Gasteiger partial charge in [-0.1, -0.05) is 18.2 Å². The second kappa shape index (κ2) is 9.27. The molecule has 0 heterocycles. The van der Waals surface area contributed by atoms with E-state index in [-0.39, 0.29) is 6.54 Å². The Morgan fingerprint density at radius 3 is 2.41 bits per heavy atom. The van der Waals surface area contributed by atoms with Crippen molar-refractivity contribution in [1.82, 2.24) is 0 Å². The van der Waals surface area contributed by atoms with Crippen LogP contribution in [-0.4, -0.2) is 40.3 Å². The quantitative estimate of drug-likeness (QED) is 0.709. The number of hydrogen-bond donors (Lipinski definition) is 1. The molecule has 0 atom stereocenters. The summed E-state index contributed by atoms with van der Waals surface area (Å²) in [6.45, 7) is 4.22. The van der Waals surface area contributed by atoms with Gasteiger partial charge in [0.25, 0.3) is 0 Å². The van der Waals surface area contributed by atoms with E-state index in [9.17, 15) is 13.2 Å². The van der Waals surface area contributed by atoms with Crippen molar-refractivity contribution in [3.8, 4) is 11.5 Å².